The van der Waals surface area contributed by atoms with Gasteiger partial charge in [0.2, 0.25) is 0 Å². The smallest absolute Gasteiger partial charge is 0.134 e. The molecule has 0 saturated carbocycles. The summed E-state index contributed by atoms with van der Waals surface area (Å²) in [5.41, 5.74) is 8.21. The van der Waals surface area contributed by atoms with Crippen LogP contribution in [0.4, 0.5) is 5.82 Å². The third-order valence-corrected chi connectivity index (χ3v) is 1.97. The van der Waals surface area contributed by atoms with Crippen molar-refractivity contribution in [2.24, 2.45) is 0 Å². The van der Waals surface area contributed by atoms with Crippen molar-refractivity contribution in [3.63, 3.8) is 0 Å². The Labute approximate surface area is 81.7 Å². The normalized spacial score (nSPS) is 10.4. The lowest BCUT2D eigenvalue weighted by Gasteiger charge is -2.00. The highest BCUT2D eigenvalue weighted by atomic mass is 16.5. The molecule has 2 aromatic rings. The molecular formula is C10H11N3O. The van der Waals surface area contributed by atoms with E-state index in [9.17, 15) is 0 Å². The van der Waals surface area contributed by atoms with Crippen LogP contribution in [0.25, 0.3) is 11.3 Å². The third-order valence-electron chi connectivity index (χ3n) is 1.97. The predicted octanol–water partition coefficient (Wildman–Crippen LogP) is 1.94. The molecule has 0 fully saturated rings. The van der Waals surface area contributed by atoms with Crippen LogP contribution in [0.5, 0.6) is 0 Å². The summed E-state index contributed by atoms with van der Waals surface area (Å²) in [6.45, 7) is 3.74. The lowest BCUT2D eigenvalue weighted by Crippen LogP contribution is -1.95. The van der Waals surface area contributed by atoms with Gasteiger partial charge < -0.3 is 10.3 Å². The average molecular weight is 189 g/mol. The average Bonchev–Trinajstić information content (AvgIpc) is 2.51. The van der Waals surface area contributed by atoms with Crippen molar-refractivity contribution in [2.45, 2.75) is 13.8 Å². The topological polar surface area (TPSA) is 64.9 Å². The van der Waals surface area contributed by atoms with E-state index >= 15 is 0 Å². The summed E-state index contributed by atoms with van der Waals surface area (Å²) in [7, 11) is 0. The Morgan fingerprint density at radius 1 is 1.29 bits per heavy atom. The Morgan fingerprint density at radius 2 is 2.07 bits per heavy atom. The van der Waals surface area contributed by atoms with Gasteiger partial charge >= 0.3 is 0 Å². The molecule has 0 unspecified atom stereocenters. The number of nitrogens with two attached hydrogens (primary N) is 1. The van der Waals surface area contributed by atoms with Crippen molar-refractivity contribution in [3.8, 4) is 11.3 Å². The van der Waals surface area contributed by atoms with Crippen molar-refractivity contribution >= 4 is 5.82 Å². The second-order valence-corrected chi connectivity index (χ2v) is 3.21. The number of hydrogen-bond acceptors (Lipinski definition) is 4. The molecule has 0 spiro atoms. The van der Waals surface area contributed by atoms with Crippen molar-refractivity contribution in [2.75, 3.05) is 5.73 Å². The molecule has 0 atom stereocenters. The monoisotopic (exact) mass is 189 g/mol. The molecule has 0 radical (unpaired) electrons. The largest absolute Gasteiger partial charge is 0.383 e. The van der Waals surface area contributed by atoms with Gasteiger partial charge in [-0.15, -0.1) is 0 Å². The second kappa shape index (κ2) is 3.14. The lowest BCUT2D eigenvalue weighted by atomic mass is 10.1. The van der Waals surface area contributed by atoms with Gasteiger partial charge in [0.15, 0.2) is 0 Å². The zero-order valence-electron chi connectivity index (χ0n) is 8.11. The van der Waals surface area contributed by atoms with Gasteiger partial charge in [-0.1, -0.05) is 5.16 Å². The molecule has 4 heteroatoms. The summed E-state index contributed by atoms with van der Waals surface area (Å²) in [6.07, 6.45) is 0. The molecule has 0 amide bonds. The second-order valence-electron chi connectivity index (χ2n) is 3.21. The molecule has 2 heterocycles. The molecule has 2 aromatic heterocycles. The molecule has 0 aliphatic heterocycles. The standard InChI is InChI=1S/C10H11N3O/c1-6-3-4-8(10(11)12-6)9-5-7(2)14-13-9/h3-5H,1-2H3,(H2,11,12). The molecule has 4 nitrogen and oxygen atoms in total. The van der Waals surface area contributed by atoms with Gasteiger partial charge in [-0.2, -0.15) is 0 Å². The van der Waals surface area contributed by atoms with E-state index in [1.54, 1.807) is 0 Å². The maximum Gasteiger partial charge on any atom is 0.134 e. The van der Waals surface area contributed by atoms with Crippen LogP contribution in [0.1, 0.15) is 11.5 Å². The van der Waals surface area contributed by atoms with Crippen LogP contribution < -0.4 is 5.73 Å². The minimum absolute atomic E-state index is 0.485. The number of nitrogen functional groups attached to an aromatic ring is 1. The summed E-state index contributed by atoms with van der Waals surface area (Å²) in [5.74, 6) is 1.25. The lowest BCUT2D eigenvalue weighted by molar-refractivity contribution is 0.399. The minimum Gasteiger partial charge on any atom is -0.383 e. The van der Waals surface area contributed by atoms with Crippen molar-refractivity contribution in [3.05, 3.63) is 29.7 Å². The number of nitrogens with zero attached hydrogens (tertiary/aromatic N) is 2. The van der Waals surface area contributed by atoms with Crippen molar-refractivity contribution in [1.29, 1.82) is 0 Å². The highest BCUT2D eigenvalue weighted by molar-refractivity contribution is 5.70. The van der Waals surface area contributed by atoms with E-state index in [0.29, 0.717) is 5.82 Å². The van der Waals surface area contributed by atoms with E-state index in [2.05, 4.69) is 10.1 Å². The molecular weight excluding hydrogens is 178 g/mol. The Hall–Kier alpha value is -1.84. The Balaban J connectivity index is 2.52. The minimum atomic E-state index is 0.485. The first-order valence-corrected chi connectivity index (χ1v) is 4.33. The van der Waals surface area contributed by atoms with Crippen LogP contribution >= 0.6 is 0 Å². The first-order valence-electron chi connectivity index (χ1n) is 4.33. The Bertz CT molecular complexity index is 462. The van der Waals surface area contributed by atoms with Gasteiger partial charge in [0.05, 0.1) is 0 Å². The van der Waals surface area contributed by atoms with Gasteiger partial charge in [0.1, 0.15) is 17.3 Å². The van der Waals surface area contributed by atoms with Crippen LogP contribution in [-0.4, -0.2) is 10.1 Å². The number of aromatic nitrogens is 2. The van der Waals surface area contributed by atoms with E-state index in [-0.39, 0.29) is 0 Å². The summed E-state index contributed by atoms with van der Waals surface area (Å²) in [6, 6.07) is 5.63. The van der Waals surface area contributed by atoms with E-state index in [0.717, 1.165) is 22.7 Å². The van der Waals surface area contributed by atoms with Crippen LogP contribution in [0.2, 0.25) is 0 Å². The molecule has 0 aromatic carbocycles. The first-order chi connectivity index (χ1) is 6.66. The van der Waals surface area contributed by atoms with Gasteiger partial charge in [-0.3, -0.25) is 0 Å². The Kier molecular flexibility index (Phi) is 1.96. The van der Waals surface area contributed by atoms with Crippen LogP contribution in [0, 0.1) is 13.8 Å². The summed E-state index contributed by atoms with van der Waals surface area (Å²) < 4.78 is 4.97. The van der Waals surface area contributed by atoms with Crippen LogP contribution in [-0.2, 0) is 0 Å². The fourth-order valence-corrected chi connectivity index (χ4v) is 1.29. The highest BCUT2D eigenvalue weighted by Gasteiger charge is 2.08. The SMILES string of the molecule is Cc1ccc(-c2cc(C)on2)c(N)n1. The zero-order chi connectivity index (χ0) is 10.1. The molecule has 2 rings (SSSR count). The molecule has 0 aliphatic rings. The maximum atomic E-state index is 5.77. The molecule has 0 aliphatic carbocycles. The highest BCUT2D eigenvalue weighted by Crippen LogP contribution is 2.23. The van der Waals surface area contributed by atoms with E-state index in [1.165, 1.54) is 0 Å². The molecule has 0 saturated heterocycles. The third kappa shape index (κ3) is 1.46. The van der Waals surface area contributed by atoms with E-state index in [1.807, 2.05) is 32.0 Å². The van der Waals surface area contributed by atoms with Crippen LogP contribution in [0.15, 0.2) is 22.7 Å². The van der Waals surface area contributed by atoms with Gasteiger partial charge in [-0.05, 0) is 26.0 Å². The number of aryl methyl sites for hydroxylation is 2. The quantitative estimate of drug-likeness (QED) is 0.744. The van der Waals surface area contributed by atoms with Gasteiger partial charge in [0, 0.05) is 17.3 Å². The number of hydrogen-bond donors (Lipinski definition) is 1. The van der Waals surface area contributed by atoms with Gasteiger partial charge in [-0.25, -0.2) is 4.98 Å². The van der Waals surface area contributed by atoms with E-state index < -0.39 is 0 Å². The summed E-state index contributed by atoms with van der Waals surface area (Å²) in [4.78, 5) is 4.16. The fraction of sp³-hybridized carbons (Fsp3) is 0.200. The summed E-state index contributed by atoms with van der Waals surface area (Å²) >= 11 is 0. The van der Waals surface area contributed by atoms with Crippen molar-refractivity contribution in [1.82, 2.24) is 10.1 Å². The number of pyridine rings is 1. The Morgan fingerprint density at radius 3 is 2.64 bits per heavy atom. The van der Waals surface area contributed by atoms with Gasteiger partial charge in [0.25, 0.3) is 0 Å². The molecule has 0 bridgehead atoms. The predicted molar refractivity (Wildman–Crippen MR) is 53.6 cm³/mol. The number of rotatable bonds is 1. The van der Waals surface area contributed by atoms with Crippen molar-refractivity contribution < 1.29 is 4.52 Å². The molecule has 14 heavy (non-hydrogen) atoms. The molecule has 2 N–H and O–H groups in total. The van der Waals surface area contributed by atoms with Crippen LogP contribution in [0.3, 0.4) is 0 Å². The maximum absolute atomic E-state index is 5.77. The number of anilines is 1. The van der Waals surface area contributed by atoms with E-state index in [4.69, 9.17) is 10.3 Å². The summed E-state index contributed by atoms with van der Waals surface area (Å²) in [5, 5.41) is 3.88. The first kappa shape index (κ1) is 8.74. The molecule has 72 valence electrons. The fourth-order valence-electron chi connectivity index (χ4n) is 1.29. The zero-order valence-corrected chi connectivity index (χ0v) is 8.11.